The molecule has 23 heavy (non-hydrogen) atoms. The molecular formula is C17H10Cl2O3S. The molecule has 0 aliphatic rings. The van der Waals surface area contributed by atoms with E-state index in [9.17, 15) is 9.90 Å². The van der Waals surface area contributed by atoms with Gasteiger partial charge in [0.15, 0.2) is 0 Å². The van der Waals surface area contributed by atoms with Gasteiger partial charge in [0, 0.05) is 16.5 Å². The van der Waals surface area contributed by atoms with Crippen LogP contribution in [-0.4, -0.2) is 5.11 Å². The molecule has 1 aromatic heterocycles. The van der Waals surface area contributed by atoms with Crippen LogP contribution in [0, 0.1) is 0 Å². The van der Waals surface area contributed by atoms with Crippen molar-refractivity contribution in [2.24, 2.45) is 0 Å². The Morgan fingerprint density at radius 2 is 1.57 bits per heavy atom. The Bertz CT molecular complexity index is 887. The lowest BCUT2D eigenvalue weighted by Gasteiger charge is -2.08. The highest BCUT2D eigenvalue weighted by Gasteiger charge is 2.17. The van der Waals surface area contributed by atoms with Gasteiger partial charge in [0.25, 0.3) is 0 Å². The summed E-state index contributed by atoms with van der Waals surface area (Å²) in [7, 11) is 0. The molecule has 0 atom stereocenters. The molecule has 0 fully saturated rings. The van der Waals surface area contributed by atoms with Gasteiger partial charge in [0.1, 0.15) is 16.4 Å². The monoisotopic (exact) mass is 364 g/mol. The highest BCUT2D eigenvalue weighted by molar-refractivity contribution is 7.99. The molecule has 0 amide bonds. The molecule has 0 unspecified atom stereocenters. The summed E-state index contributed by atoms with van der Waals surface area (Å²) >= 11 is 13.2. The topological polar surface area (TPSA) is 50.4 Å². The van der Waals surface area contributed by atoms with E-state index in [1.807, 2.05) is 18.2 Å². The van der Waals surface area contributed by atoms with Crippen molar-refractivity contribution in [2.45, 2.75) is 9.79 Å². The van der Waals surface area contributed by atoms with E-state index in [4.69, 9.17) is 27.6 Å². The van der Waals surface area contributed by atoms with Crippen LogP contribution >= 0.6 is 35.0 Å². The first-order chi connectivity index (χ1) is 11.1. The number of aromatic hydroxyl groups is 1. The second-order valence-corrected chi connectivity index (χ2v) is 6.47. The third-order valence-corrected chi connectivity index (χ3v) is 5.15. The summed E-state index contributed by atoms with van der Waals surface area (Å²) in [6.45, 7) is 0. The Kier molecular flexibility index (Phi) is 4.66. The van der Waals surface area contributed by atoms with E-state index in [1.54, 1.807) is 30.3 Å². The first-order valence-electron chi connectivity index (χ1n) is 6.60. The third-order valence-electron chi connectivity index (χ3n) is 3.07. The molecule has 1 heterocycles. The van der Waals surface area contributed by atoms with E-state index in [0.717, 1.165) is 11.8 Å². The standard InChI is InChI=1S/C17H10Cl2O3S/c18-11-7-4-8-12(19)15(11)23-16-13(20)9-14(22-17(16)21)10-5-2-1-3-6-10/h1-9,20H. The maximum absolute atomic E-state index is 12.2. The van der Waals surface area contributed by atoms with Gasteiger partial charge in [-0.15, -0.1) is 0 Å². The summed E-state index contributed by atoms with van der Waals surface area (Å²) in [6, 6.07) is 15.5. The summed E-state index contributed by atoms with van der Waals surface area (Å²) in [5.74, 6) is 0.115. The first kappa shape index (κ1) is 16.0. The molecule has 0 radical (unpaired) electrons. The number of hydrogen-bond acceptors (Lipinski definition) is 4. The lowest BCUT2D eigenvalue weighted by Crippen LogP contribution is -2.03. The number of halogens is 2. The van der Waals surface area contributed by atoms with Crippen molar-refractivity contribution in [1.82, 2.24) is 0 Å². The van der Waals surface area contributed by atoms with Crippen LogP contribution in [0.3, 0.4) is 0 Å². The largest absolute Gasteiger partial charge is 0.506 e. The maximum atomic E-state index is 12.2. The van der Waals surface area contributed by atoms with Gasteiger partial charge in [-0.2, -0.15) is 0 Å². The lowest BCUT2D eigenvalue weighted by molar-refractivity contribution is 0.430. The lowest BCUT2D eigenvalue weighted by atomic mass is 10.1. The molecule has 2 aromatic carbocycles. The van der Waals surface area contributed by atoms with Crippen molar-refractivity contribution in [3.63, 3.8) is 0 Å². The quantitative estimate of drug-likeness (QED) is 0.669. The first-order valence-corrected chi connectivity index (χ1v) is 8.18. The van der Waals surface area contributed by atoms with Crippen LogP contribution in [0.2, 0.25) is 10.0 Å². The van der Waals surface area contributed by atoms with Gasteiger partial charge in [0.05, 0.1) is 10.0 Å². The average Bonchev–Trinajstić information content (AvgIpc) is 2.54. The van der Waals surface area contributed by atoms with Crippen LogP contribution in [0.1, 0.15) is 0 Å². The maximum Gasteiger partial charge on any atom is 0.354 e. The normalized spacial score (nSPS) is 10.7. The van der Waals surface area contributed by atoms with Gasteiger partial charge in [-0.3, -0.25) is 0 Å². The van der Waals surface area contributed by atoms with Gasteiger partial charge in [-0.05, 0) is 12.1 Å². The van der Waals surface area contributed by atoms with E-state index in [1.165, 1.54) is 6.07 Å². The molecule has 0 aliphatic carbocycles. The molecular weight excluding hydrogens is 355 g/mol. The fourth-order valence-electron chi connectivity index (χ4n) is 1.99. The van der Waals surface area contributed by atoms with E-state index in [0.29, 0.717) is 26.3 Å². The van der Waals surface area contributed by atoms with E-state index in [2.05, 4.69) is 0 Å². The zero-order chi connectivity index (χ0) is 16.4. The molecule has 6 heteroatoms. The zero-order valence-corrected chi connectivity index (χ0v) is 14.0. The predicted octanol–water partition coefficient (Wildman–Crippen LogP) is 5.47. The Morgan fingerprint density at radius 1 is 0.913 bits per heavy atom. The molecule has 0 saturated carbocycles. The van der Waals surface area contributed by atoms with E-state index >= 15 is 0 Å². The summed E-state index contributed by atoms with van der Waals surface area (Å²) in [5.41, 5.74) is 0.0528. The molecule has 0 aliphatic heterocycles. The summed E-state index contributed by atoms with van der Waals surface area (Å²) < 4.78 is 5.30. The van der Waals surface area contributed by atoms with Gasteiger partial charge in [0.2, 0.25) is 0 Å². The SMILES string of the molecule is O=c1oc(-c2ccccc2)cc(O)c1Sc1c(Cl)cccc1Cl. The summed E-state index contributed by atoms with van der Waals surface area (Å²) in [6.07, 6.45) is 0. The van der Waals surface area contributed by atoms with Crippen LogP contribution in [0.4, 0.5) is 0 Å². The van der Waals surface area contributed by atoms with E-state index in [-0.39, 0.29) is 10.6 Å². The highest BCUT2D eigenvalue weighted by Crippen LogP contribution is 2.40. The third kappa shape index (κ3) is 3.39. The predicted molar refractivity (Wildman–Crippen MR) is 92.7 cm³/mol. The fourth-order valence-corrected chi connectivity index (χ4v) is 3.44. The van der Waals surface area contributed by atoms with Crippen molar-refractivity contribution < 1.29 is 9.52 Å². The van der Waals surface area contributed by atoms with Gasteiger partial charge in [-0.1, -0.05) is 71.4 Å². The molecule has 0 bridgehead atoms. The minimum Gasteiger partial charge on any atom is -0.506 e. The molecule has 3 rings (SSSR count). The minimum absolute atomic E-state index is 0.0414. The Balaban J connectivity index is 2.04. The smallest absolute Gasteiger partial charge is 0.354 e. The Morgan fingerprint density at radius 3 is 2.17 bits per heavy atom. The minimum atomic E-state index is -0.648. The second-order valence-electron chi connectivity index (χ2n) is 4.63. The highest BCUT2D eigenvalue weighted by atomic mass is 35.5. The summed E-state index contributed by atoms with van der Waals surface area (Å²) in [5, 5.41) is 11.0. The van der Waals surface area contributed by atoms with Crippen LogP contribution < -0.4 is 5.63 Å². The van der Waals surface area contributed by atoms with Crippen molar-refractivity contribution >= 4 is 35.0 Å². The number of benzene rings is 2. The Hall–Kier alpha value is -1.88. The molecule has 3 nitrogen and oxygen atoms in total. The van der Waals surface area contributed by atoms with Gasteiger partial charge in [-0.25, -0.2) is 4.79 Å². The Labute approximate surface area is 146 Å². The zero-order valence-electron chi connectivity index (χ0n) is 11.6. The molecule has 0 saturated heterocycles. The molecule has 1 N–H and O–H groups in total. The van der Waals surface area contributed by atoms with Gasteiger partial charge >= 0.3 is 5.63 Å². The average molecular weight is 365 g/mol. The molecule has 116 valence electrons. The van der Waals surface area contributed by atoms with Crippen molar-refractivity contribution in [2.75, 3.05) is 0 Å². The van der Waals surface area contributed by atoms with Crippen molar-refractivity contribution in [1.29, 1.82) is 0 Å². The van der Waals surface area contributed by atoms with Crippen LogP contribution in [0.25, 0.3) is 11.3 Å². The molecule has 0 spiro atoms. The van der Waals surface area contributed by atoms with Crippen LogP contribution in [0.15, 0.2) is 73.6 Å². The number of rotatable bonds is 3. The molecule has 3 aromatic rings. The van der Waals surface area contributed by atoms with Crippen LogP contribution in [0.5, 0.6) is 5.75 Å². The van der Waals surface area contributed by atoms with Gasteiger partial charge < -0.3 is 9.52 Å². The van der Waals surface area contributed by atoms with Crippen molar-refractivity contribution in [3.8, 4) is 17.1 Å². The second kappa shape index (κ2) is 6.71. The van der Waals surface area contributed by atoms with Crippen LogP contribution in [-0.2, 0) is 0 Å². The fraction of sp³-hybridized carbons (Fsp3) is 0. The van der Waals surface area contributed by atoms with E-state index < -0.39 is 5.63 Å². The summed E-state index contributed by atoms with van der Waals surface area (Å²) in [4.78, 5) is 12.8. The van der Waals surface area contributed by atoms with Crippen molar-refractivity contribution in [3.05, 3.63) is 75.1 Å². The number of hydrogen-bond donors (Lipinski definition) is 1.